The highest BCUT2D eigenvalue weighted by molar-refractivity contribution is 6.55. The van der Waals surface area contributed by atoms with Crippen molar-refractivity contribution in [1.29, 1.82) is 0 Å². The van der Waals surface area contributed by atoms with Crippen molar-refractivity contribution >= 4 is 9.05 Å². The third kappa shape index (κ3) is 1.83. The van der Waals surface area contributed by atoms with E-state index < -0.39 is 9.05 Å². The SMILES string of the molecule is c1ccc2c(c1)CO[Si]1(OCc3ccccc3O1)O2. The molecule has 0 fully saturated rings. The van der Waals surface area contributed by atoms with E-state index in [2.05, 4.69) is 0 Å². The van der Waals surface area contributed by atoms with Gasteiger partial charge in [-0.05, 0) is 12.1 Å². The molecular weight excluding hydrogens is 260 g/mol. The summed E-state index contributed by atoms with van der Waals surface area (Å²) in [6, 6.07) is 15.6. The van der Waals surface area contributed by atoms with Gasteiger partial charge in [0.1, 0.15) is 11.5 Å². The molecule has 0 atom stereocenters. The van der Waals surface area contributed by atoms with Crippen LogP contribution in [0.2, 0.25) is 0 Å². The highest BCUT2D eigenvalue weighted by Crippen LogP contribution is 2.35. The van der Waals surface area contributed by atoms with Gasteiger partial charge in [0.25, 0.3) is 0 Å². The van der Waals surface area contributed by atoms with Gasteiger partial charge in [0.2, 0.25) is 0 Å². The monoisotopic (exact) mass is 272 g/mol. The lowest BCUT2D eigenvalue weighted by Gasteiger charge is -2.35. The van der Waals surface area contributed by atoms with Gasteiger partial charge in [0.15, 0.2) is 0 Å². The van der Waals surface area contributed by atoms with E-state index >= 15 is 0 Å². The summed E-state index contributed by atoms with van der Waals surface area (Å²) < 4.78 is 23.3. The van der Waals surface area contributed by atoms with Crippen molar-refractivity contribution in [1.82, 2.24) is 0 Å². The second kappa shape index (κ2) is 4.09. The Bertz CT molecular complexity index is 573. The van der Waals surface area contributed by atoms with E-state index in [0.717, 1.165) is 22.6 Å². The van der Waals surface area contributed by atoms with Crippen molar-refractivity contribution in [2.75, 3.05) is 0 Å². The van der Waals surface area contributed by atoms with Gasteiger partial charge in [-0.1, -0.05) is 36.4 Å². The molecule has 0 bridgehead atoms. The van der Waals surface area contributed by atoms with E-state index in [1.54, 1.807) is 0 Å². The Hall–Kier alpha value is -1.82. The standard InChI is InChI=1S/C14H12O4Si/c1-3-7-13-11(5-1)9-15-19(17-13)16-10-12-6-2-4-8-14(12)18-19/h1-8H,9-10H2. The first kappa shape index (κ1) is 11.0. The van der Waals surface area contributed by atoms with Crippen LogP contribution in [0.1, 0.15) is 11.1 Å². The Morgan fingerprint density at radius 3 is 1.68 bits per heavy atom. The molecule has 2 aliphatic rings. The average molecular weight is 272 g/mol. The lowest BCUT2D eigenvalue weighted by Crippen LogP contribution is -2.58. The Balaban J connectivity index is 1.68. The van der Waals surface area contributed by atoms with Crippen LogP contribution in [-0.2, 0) is 22.1 Å². The zero-order chi connectivity index (χ0) is 12.7. The van der Waals surface area contributed by atoms with Crippen molar-refractivity contribution < 1.29 is 17.7 Å². The van der Waals surface area contributed by atoms with Crippen LogP contribution in [0.5, 0.6) is 11.5 Å². The molecular formula is C14H12O4Si. The van der Waals surface area contributed by atoms with Gasteiger partial charge in [0.05, 0.1) is 13.2 Å². The molecule has 0 saturated carbocycles. The summed E-state index contributed by atoms with van der Waals surface area (Å²) in [6.45, 7) is 0.926. The summed E-state index contributed by atoms with van der Waals surface area (Å²) >= 11 is 0. The van der Waals surface area contributed by atoms with E-state index in [4.69, 9.17) is 17.7 Å². The van der Waals surface area contributed by atoms with Crippen molar-refractivity contribution in [3.8, 4) is 11.5 Å². The minimum absolute atomic E-state index is 0.463. The van der Waals surface area contributed by atoms with Crippen LogP contribution >= 0.6 is 0 Å². The first-order chi connectivity index (χ1) is 9.35. The first-order valence-electron chi connectivity index (χ1n) is 6.16. The third-order valence-corrected chi connectivity index (χ3v) is 5.16. The quantitative estimate of drug-likeness (QED) is 0.691. The van der Waals surface area contributed by atoms with E-state index in [1.165, 1.54) is 0 Å². The molecule has 4 nitrogen and oxygen atoms in total. The van der Waals surface area contributed by atoms with Crippen LogP contribution in [0, 0.1) is 0 Å². The van der Waals surface area contributed by atoms with Crippen molar-refractivity contribution in [3.63, 3.8) is 0 Å². The van der Waals surface area contributed by atoms with Gasteiger partial charge in [-0.15, -0.1) is 0 Å². The average Bonchev–Trinajstić information content (AvgIpc) is 2.47. The van der Waals surface area contributed by atoms with Gasteiger partial charge in [-0.2, -0.15) is 0 Å². The first-order valence-corrected chi connectivity index (χ1v) is 7.80. The number of hydrogen-bond acceptors (Lipinski definition) is 4. The number of benzene rings is 2. The van der Waals surface area contributed by atoms with Gasteiger partial charge in [-0.3, -0.25) is 0 Å². The van der Waals surface area contributed by atoms with Gasteiger partial charge in [-0.25, -0.2) is 0 Å². The van der Waals surface area contributed by atoms with Crippen LogP contribution in [0.3, 0.4) is 0 Å². The highest BCUT2D eigenvalue weighted by Gasteiger charge is 2.56. The van der Waals surface area contributed by atoms with Crippen LogP contribution < -0.4 is 8.85 Å². The smallest absolute Gasteiger partial charge is 0.471 e. The summed E-state index contributed by atoms with van der Waals surface area (Å²) in [6.07, 6.45) is 0. The zero-order valence-electron chi connectivity index (χ0n) is 10.2. The molecule has 2 heterocycles. The Labute approximate surface area is 112 Å². The molecule has 2 aromatic rings. The largest absolute Gasteiger partial charge is 0.821 e. The molecule has 0 aliphatic carbocycles. The van der Waals surface area contributed by atoms with Gasteiger partial charge in [0, 0.05) is 11.1 Å². The van der Waals surface area contributed by atoms with E-state index in [1.807, 2.05) is 48.5 Å². The molecule has 0 unspecified atom stereocenters. The maximum absolute atomic E-state index is 5.89. The molecule has 1 spiro atoms. The predicted molar refractivity (Wildman–Crippen MR) is 69.5 cm³/mol. The molecule has 0 radical (unpaired) electrons. The zero-order valence-corrected chi connectivity index (χ0v) is 11.2. The van der Waals surface area contributed by atoms with E-state index in [9.17, 15) is 0 Å². The van der Waals surface area contributed by atoms with Crippen molar-refractivity contribution in [3.05, 3.63) is 59.7 Å². The number of fused-ring (bicyclic) bond motifs is 2. The topological polar surface area (TPSA) is 36.9 Å². The Morgan fingerprint density at radius 2 is 1.16 bits per heavy atom. The molecule has 0 N–H and O–H groups in total. The molecule has 96 valence electrons. The van der Waals surface area contributed by atoms with Gasteiger partial charge < -0.3 is 17.7 Å². The molecule has 19 heavy (non-hydrogen) atoms. The highest BCUT2D eigenvalue weighted by atomic mass is 28.4. The minimum atomic E-state index is -3.07. The molecule has 0 amide bonds. The predicted octanol–water partition coefficient (Wildman–Crippen LogP) is 2.64. The van der Waals surface area contributed by atoms with Crippen LogP contribution in [0.4, 0.5) is 0 Å². The van der Waals surface area contributed by atoms with Crippen molar-refractivity contribution in [2.24, 2.45) is 0 Å². The summed E-state index contributed by atoms with van der Waals surface area (Å²) in [5.74, 6) is 1.58. The fraction of sp³-hybridized carbons (Fsp3) is 0.143. The maximum atomic E-state index is 5.89. The molecule has 0 aromatic heterocycles. The fourth-order valence-electron chi connectivity index (χ4n) is 2.23. The normalized spacial score (nSPS) is 18.9. The summed E-state index contributed by atoms with van der Waals surface area (Å²) in [5, 5.41) is 0. The molecule has 2 aromatic carbocycles. The molecule has 4 rings (SSSR count). The Kier molecular flexibility index (Phi) is 2.38. The Morgan fingerprint density at radius 1 is 0.684 bits per heavy atom. The van der Waals surface area contributed by atoms with E-state index in [0.29, 0.717) is 13.2 Å². The fourth-order valence-corrected chi connectivity index (χ4v) is 4.19. The second-order valence-corrected chi connectivity index (χ2v) is 6.48. The maximum Gasteiger partial charge on any atom is 0.821 e. The second-order valence-electron chi connectivity index (χ2n) is 4.50. The molecule has 0 saturated heterocycles. The van der Waals surface area contributed by atoms with Crippen LogP contribution in [0.15, 0.2) is 48.5 Å². The van der Waals surface area contributed by atoms with Gasteiger partial charge >= 0.3 is 9.05 Å². The molecule has 5 heteroatoms. The summed E-state index contributed by atoms with van der Waals surface area (Å²) in [4.78, 5) is 0. The minimum Gasteiger partial charge on any atom is -0.471 e. The number of rotatable bonds is 0. The lowest BCUT2D eigenvalue weighted by molar-refractivity contribution is 0.00537. The third-order valence-electron chi connectivity index (χ3n) is 3.22. The van der Waals surface area contributed by atoms with Crippen LogP contribution in [-0.4, -0.2) is 9.05 Å². The number of para-hydroxylation sites is 2. The van der Waals surface area contributed by atoms with Crippen molar-refractivity contribution in [2.45, 2.75) is 13.2 Å². The van der Waals surface area contributed by atoms with E-state index in [-0.39, 0.29) is 0 Å². The summed E-state index contributed by atoms with van der Waals surface area (Å²) in [5.41, 5.74) is 2.04. The van der Waals surface area contributed by atoms with Crippen LogP contribution in [0.25, 0.3) is 0 Å². The summed E-state index contributed by atoms with van der Waals surface area (Å²) in [7, 11) is -3.07. The lowest BCUT2D eigenvalue weighted by atomic mass is 10.2. The molecule has 2 aliphatic heterocycles. The number of hydrogen-bond donors (Lipinski definition) is 0.